The first-order valence-corrected chi connectivity index (χ1v) is 7.31. The summed E-state index contributed by atoms with van der Waals surface area (Å²) >= 11 is 0. The molecule has 0 saturated heterocycles. The molecule has 0 saturated carbocycles. The van der Waals surface area contributed by atoms with E-state index in [1.54, 1.807) is 0 Å². The fourth-order valence-electron chi connectivity index (χ4n) is 2.12. The molecule has 2 rings (SSSR count). The van der Waals surface area contributed by atoms with E-state index >= 15 is 0 Å². The molecule has 0 amide bonds. The minimum Gasteiger partial charge on any atom is -0.342 e. The van der Waals surface area contributed by atoms with Crippen molar-refractivity contribution in [3.05, 3.63) is 54.1 Å². The van der Waals surface area contributed by atoms with Crippen LogP contribution in [0.25, 0.3) is 0 Å². The van der Waals surface area contributed by atoms with Gasteiger partial charge in [-0.15, -0.1) is 0 Å². The molecule has 20 heavy (non-hydrogen) atoms. The Balaban J connectivity index is 1.83. The first-order chi connectivity index (χ1) is 9.63. The third-order valence-corrected chi connectivity index (χ3v) is 3.27. The fraction of sp³-hybridized carbons (Fsp3) is 0.471. The van der Waals surface area contributed by atoms with Gasteiger partial charge >= 0.3 is 0 Å². The van der Waals surface area contributed by atoms with Crippen LogP contribution in [0.1, 0.15) is 31.4 Å². The minimum atomic E-state index is 0.632. The van der Waals surface area contributed by atoms with Gasteiger partial charge in [0.1, 0.15) is 18.9 Å². The topological polar surface area (TPSA) is 18.0 Å². The maximum absolute atomic E-state index is 5.66. The number of aryl methyl sites for hydroxylation is 1. The Labute approximate surface area is 121 Å². The van der Waals surface area contributed by atoms with Gasteiger partial charge in [0.05, 0.1) is 6.61 Å². The summed E-state index contributed by atoms with van der Waals surface area (Å²) in [6, 6.07) is 8.62. The molecular formula is C17H25N2O+. The van der Waals surface area contributed by atoms with Gasteiger partial charge in [-0.05, 0) is 24.8 Å². The summed E-state index contributed by atoms with van der Waals surface area (Å²) in [6.07, 6.45) is 7.36. The van der Waals surface area contributed by atoms with Crippen LogP contribution in [0, 0.1) is 12.8 Å². The third-order valence-electron chi connectivity index (χ3n) is 3.27. The van der Waals surface area contributed by atoms with Crippen molar-refractivity contribution in [1.29, 1.82) is 0 Å². The average Bonchev–Trinajstić information content (AvgIpc) is 2.82. The van der Waals surface area contributed by atoms with Crippen molar-refractivity contribution < 1.29 is 9.30 Å². The van der Waals surface area contributed by atoms with Crippen LogP contribution in [0.4, 0.5) is 0 Å². The molecule has 0 radical (unpaired) electrons. The van der Waals surface area contributed by atoms with Crippen LogP contribution < -0.4 is 4.57 Å². The predicted molar refractivity (Wildman–Crippen MR) is 80.3 cm³/mol. The van der Waals surface area contributed by atoms with E-state index in [1.807, 2.05) is 0 Å². The summed E-state index contributed by atoms with van der Waals surface area (Å²) in [7, 11) is 0. The van der Waals surface area contributed by atoms with E-state index < -0.39 is 0 Å². The quantitative estimate of drug-likeness (QED) is 0.560. The van der Waals surface area contributed by atoms with Gasteiger partial charge in [0.15, 0.2) is 6.73 Å². The minimum absolute atomic E-state index is 0.632. The SMILES string of the molecule is Cc1cccc(C[n+]2ccn(COCCC(C)C)c2)c1. The predicted octanol–water partition coefficient (Wildman–Crippen LogP) is 3.15. The largest absolute Gasteiger partial charge is 0.342 e. The van der Waals surface area contributed by atoms with Gasteiger partial charge < -0.3 is 4.74 Å². The lowest BCUT2D eigenvalue weighted by molar-refractivity contribution is -0.688. The number of aromatic nitrogens is 2. The lowest BCUT2D eigenvalue weighted by Gasteiger charge is -2.04. The summed E-state index contributed by atoms with van der Waals surface area (Å²) in [5, 5.41) is 0. The standard InChI is InChI=1S/C17H25N2O/c1-15(2)7-10-20-14-19-9-8-18(13-19)12-17-6-4-5-16(3)11-17/h4-6,8-9,11,13,15H,7,10,12,14H2,1-3H3/q+1. The molecule has 1 aromatic heterocycles. The van der Waals surface area contributed by atoms with Gasteiger partial charge in [0.25, 0.3) is 0 Å². The molecule has 0 N–H and O–H groups in total. The molecule has 0 unspecified atom stereocenters. The highest BCUT2D eigenvalue weighted by atomic mass is 16.5. The van der Waals surface area contributed by atoms with Crippen LogP contribution in [0.2, 0.25) is 0 Å². The first kappa shape index (κ1) is 14.8. The van der Waals surface area contributed by atoms with Crippen molar-refractivity contribution in [1.82, 2.24) is 4.57 Å². The second-order valence-electron chi connectivity index (χ2n) is 5.81. The number of nitrogens with zero attached hydrogens (tertiary/aromatic N) is 2. The Morgan fingerprint density at radius 3 is 2.90 bits per heavy atom. The van der Waals surface area contributed by atoms with Crippen molar-refractivity contribution in [2.45, 2.75) is 40.5 Å². The molecule has 1 aromatic carbocycles. The number of benzene rings is 1. The highest BCUT2D eigenvalue weighted by Gasteiger charge is 2.05. The molecule has 3 nitrogen and oxygen atoms in total. The first-order valence-electron chi connectivity index (χ1n) is 7.31. The molecule has 0 spiro atoms. The van der Waals surface area contributed by atoms with E-state index in [2.05, 4.69) is 72.9 Å². The highest BCUT2D eigenvalue weighted by Crippen LogP contribution is 2.03. The van der Waals surface area contributed by atoms with Crippen LogP contribution in [-0.2, 0) is 18.0 Å². The van der Waals surface area contributed by atoms with E-state index in [1.165, 1.54) is 11.1 Å². The summed E-state index contributed by atoms with van der Waals surface area (Å²) in [5.41, 5.74) is 2.63. The molecule has 3 heteroatoms. The van der Waals surface area contributed by atoms with Crippen LogP contribution in [0.15, 0.2) is 43.0 Å². The van der Waals surface area contributed by atoms with E-state index in [0.29, 0.717) is 12.6 Å². The van der Waals surface area contributed by atoms with Crippen LogP contribution >= 0.6 is 0 Å². The van der Waals surface area contributed by atoms with E-state index in [9.17, 15) is 0 Å². The monoisotopic (exact) mass is 273 g/mol. The lowest BCUT2D eigenvalue weighted by atomic mass is 10.1. The van der Waals surface area contributed by atoms with Gasteiger partial charge in [0, 0.05) is 0 Å². The normalized spacial score (nSPS) is 11.2. The fourth-order valence-corrected chi connectivity index (χ4v) is 2.12. The molecular weight excluding hydrogens is 248 g/mol. The summed E-state index contributed by atoms with van der Waals surface area (Å²) in [5.74, 6) is 0.700. The number of ether oxygens (including phenoxy) is 1. The van der Waals surface area contributed by atoms with Crippen molar-refractivity contribution in [3.63, 3.8) is 0 Å². The van der Waals surface area contributed by atoms with Crippen molar-refractivity contribution in [2.75, 3.05) is 6.61 Å². The zero-order valence-corrected chi connectivity index (χ0v) is 12.7. The molecule has 0 aliphatic carbocycles. The third kappa shape index (κ3) is 4.82. The summed E-state index contributed by atoms with van der Waals surface area (Å²) in [6.45, 7) is 8.92. The van der Waals surface area contributed by atoms with Crippen LogP contribution in [0.3, 0.4) is 0 Å². The van der Waals surface area contributed by atoms with E-state index in [-0.39, 0.29) is 0 Å². The van der Waals surface area contributed by atoms with Gasteiger partial charge in [-0.3, -0.25) is 0 Å². The summed E-state index contributed by atoms with van der Waals surface area (Å²) in [4.78, 5) is 0. The zero-order valence-electron chi connectivity index (χ0n) is 12.7. The Bertz CT molecular complexity index is 531. The number of imidazole rings is 1. The number of rotatable bonds is 7. The van der Waals surface area contributed by atoms with E-state index in [0.717, 1.165) is 19.6 Å². The number of hydrogen-bond acceptors (Lipinski definition) is 1. The Kier molecular flexibility index (Phi) is 5.36. The van der Waals surface area contributed by atoms with E-state index in [4.69, 9.17) is 4.74 Å². The van der Waals surface area contributed by atoms with Gasteiger partial charge in [-0.1, -0.05) is 43.7 Å². The maximum atomic E-state index is 5.66. The summed E-state index contributed by atoms with van der Waals surface area (Å²) < 4.78 is 9.92. The Morgan fingerprint density at radius 2 is 2.15 bits per heavy atom. The van der Waals surface area contributed by atoms with Crippen molar-refractivity contribution >= 4 is 0 Å². The second-order valence-corrected chi connectivity index (χ2v) is 5.81. The molecule has 0 aliphatic heterocycles. The molecule has 1 heterocycles. The molecule has 0 atom stereocenters. The van der Waals surface area contributed by atoms with Gasteiger partial charge in [-0.2, -0.15) is 0 Å². The maximum Gasteiger partial charge on any atom is 0.245 e. The Hall–Kier alpha value is -1.61. The molecule has 0 fully saturated rings. The molecule has 0 aliphatic rings. The molecule has 0 bridgehead atoms. The van der Waals surface area contributed by atoms with Crippen molar-refractivity contribution in [2.24, 2.45) is 5.92 Å². The van der Waals surface area contributed by atoms with Crippen LogP contribution in [-0.4, -0.2) is 11.2 Å². The van der Waals surface area contributed by atoms with Crippen molar-refractivity contribution in [3.8, 4) is 0 Å². The second kappa shape index (κ2) is 7.25. The van der Waals surface area contributed by atoms with Gasteiger partial charge in [-0.25, -0.2) is 9.13 Å². The van der Waals surface area contributed by atoms with Crippen LogP contribution in [0.5, 0.6) is 0 Å². The molecule has 2 aromatic rings. The highest BCUT2D eigenvalue weighted by molar-refractivity contribution is 5.21. The average molecular weight is 273 g/mol. The molecule has 108 valence electrons. The smallest absolute Gasteiger partial charge is 0.245 e. The zero-order chi connectivity index (χ0) is 14.4. The lowest BCUT2D eigenvalue weighted by Crippen LogP contribution is -2.31. The van der Waals surface area contributed by atoms with Gasteiger partial charge in [0.2, 0.25) is 6.33 Å². The Morgan fingerprint density at radius 1 is 1.30 bits per heavy atom. The number of hydrogen-bond donors (Lipinski definition) is 0.